The van der Waals surface area contributed by atoms with Crippen LogP contribution in [0.25, 0.3) is 0 Å². The number of nitrogens with one attached hydrogen (secondary N) is 2. The van der Waals surface area contributed by atoms with Crippen LogP contribution in [0.15, 0.2) is 28.4 Å². The molecule has 0 unspecified atom stereocenters. The van der Waals surface area contributed by atoms with E-state index >= 15 is 0 Å². The molecular formula is C12H13N3O3S. The van der Waals surface area contributed by atoms with Gasteiger partial charge in [0.25, 0.3) is 5.91 Å². The third-order valence-corrected chi connectivity index (χ3v) is 3.23. The van der Waals surface area contributed by atoms with Crippen LogP contribution in [0.1, 0.15) is 16.1 Å². The standard InChI is InChI=1S/C12H13N3O3S/c1-18-8-2-3-9(10(13)4-8)11(16)14-5-7-6-19-12(17)15-7/h2-4,6H,5,13H2,1H3,(H,14,16)(H,15,17). The maximum atomic E-state index is 11.9. The number of aromatic amines is 1. The number of amides is 1. The Morgan fingerprint density at radius 3 is 2.89 bits per heavy atom. The minimum absolute atomic E-state index is 0.145. The summed E-state index contributed by atoms with van der Waals surface area (Å²) < 4.78 is 5.01. The highest BCUT2D eigenvalue weighted by atomic mass is 32.1. The van der Waals surface area contributed by atoms with Crippen molar-refractivity contribution in [2.24, 2.45) is 0 Å². The fraction of sp³-hybridized carbons (Fsp3) is 0.167. The number of nitrogen functional groups attached to an aromatic ring is 1. The first-order chi connectivity index (χ1) is 9.10. The average molecular weight is 279 g/mol. The number of H-pyrrole nitrogens is 1. The second-order valence-corrected chi connectivity index (χ2v) is 4.65. The van der Waals surface area contributed by atoms with Crippen molar-refractivity contribution in [2.45, 2.75) is 6.54 Å². The largest absolute Gasteiger partial charge is 0.497 e. The summed E-state index contributed by atoms with van der Waals surface area (Å²) in [4.78, 5) is 25.3. The molecule has 2 rings (SSSR count). The van der Waals surface area contributed by atoms with Gasteiger partial charge in [-0.2, -0.15) is 0 Å². The van der Waals surface area contributed by atoms with E-state index in [2.05, 4.69) is 10.3 Å². The Bertz CT molecular complexity index is 648. The van der Waals surface area contributed by atoms with Gasteiger partial charge in [-0.15, -0.1) is 0 Å². The number of rotatable bonds is 4. The highest BCUT2D eigenvalue weighted by Crippen LogP contribution is 2.19. The highest BCUT2D eigenvalue weighted by Gasteiger charge is 2.10. The number of ether oxygens (including phenoxy) is 1. The maximum Gasteiger partial charge on any atom is 0.304 e. The van der Waals surface area contributed by atoms with Gasteiger partial charge in [-0.25, -0.2) is 0 Å². The predicted molar refractivity (Wildman–Crippen MR) is 73.5 cm³/mol. The van der Waals surface area contributed by atoms with Crippen molar-refractivity contribution in [3.63, 3.8) is 0 Å². The molecule has 1 amide bonds. The van der Waals surface area contributed by atoms with Crippen LogP contribution in [0.2, 0.25) is 0 Å². The molecule has 19 heavy (non-hydrogen) atoms. The molecule has 0 saturated carbocycles. The Kier molecular flexibility index (Phi) is 3.86. The van der Waals surface area contributed by atoms with Crippen LogP contribution < -0.4 is 20.7 Å². The lowest BCUT2D eigenvalue weighted by Crippen LogP contribution is -2.24. The van der Waals surface area contributed by atoms with Crippen LogP contribution in [0.4, 0.5) is 5.69 Å². The fourth-order valence-corrected chi connectivity index (χ4v) is 2.13. The van der Waals surface area contributed by atoms with Crippen LogP contribution in [-0.4, -0.2) is 18.0 Å². The van der Waals surface area contributed by atoms with Crippen LogP contribution in [-0.2, 0) is 6.54 Å². The number of hydrogen-bond donors (Lipinski definition) is 3. The topological polar surface area (TPSA) is 97.2 Å². The van der Waals surface area contributed by atoms with Gasteiger partial charge in [0.1, 0.15) is 5.75 Å². The molecule has 0 atom stereocenters. The third kappa shape index (κ3) is 3.14. The van der Waals surface area contributed by atoms with Crippen molar-refractivity contribution < 1.29 is 9.53 Å². The van der Waals surface area contributed by atoms with E-state index in [0.717, 1.165) is 11.3 Å². The molecule has 4 N–H and O–H groups in total. The quantitative estimate of drug-likeness (QED) is 0.726. The Morgan fingerprint density at radius 1 is 1.53 bits per heavy atom. The molecule has 0 aliphatic rings. The Labute approximate surface area is 113 Å². The third-order valence-electron chi connectivity index (χ3n) is 2.51. The van der Waals surface area contributed by atoms with Crippen molar-refractivity contribution in [1.29, 1.82) is 0 Å². The van der Waals surface area contributed by atoms with Crippen LogP contribution >= 0.6 is 11.3 Å². The zero-order valence-electron chi connectivity index (χ0n) is 10.2. The zero-order chi connectivity index (χ0) is 13.8. The molecule has 0 aliphatic carbocycles. The summed E-state index contributed by atoms with van der Waals surface area (Å²) >= 11 is 1.06. The van der Waals surface area contributed by atoms with Gasteiger partial charge in [0.2, 0.25) is 0 Å². The van der Waals surface area contributed by atoms with Crippen molar-refractivity contribution >= 4 is 22.9 Å². The number of carbonyl (C=O) groups is 1. The van der Waals surface area contributed by atoms with E-state index in [0.29, 0.717) is 22.7 Å². The number of nitrogens with two attached hydrogens (primary N) is 1. The predicted octanol–water partition coefficient (Wildman–Crippen LogP) is 0.957. The smallest absolute Gasteiger partial charge is 0.304 e. The van der Waals surface area contributed by atoms with E-state index in [4.69, 9.17) is 10.5 Å². The summed E-state index contributed by atoms with van der Waals surface area (Å²) in [6.07, 6.45) is 0. The van der Waals surface area contributed by atoms with E-state index < -0.39 is 0 Å². The molecule has 0 bridgehead atoms. The minimum Gasteiger partial charge on any atom is -0.497 e. The minimum atomic E-state index is -0.299. The van der Waals surface area contributed by atoms with Gasteiger partial charge < -0.3 is 20.8 Å². The van der Waals surface area contributed by atoms with E-state index in [9.17, 15) is 9.59 Å². The summed E-state index contributed by atoms with van der Waals surface area (Å²) in [6.45, 7) is 0.253. The number of thiazole rings is 1. The SMILES string of the molecule is COc1ccc(C(=O)NCc2csc(=O)[nH]2)c(N)c1. The van der Waals surface area contributed by atoms with Gasteiger partial charge in [-0.05, 0) is 12.1 Å². The van der Waals surface area contributed by atoms with Crippen molar-refractivity contribution in [1.82, 2.24) is 10.3 Å². The normalized spacial score (nSPS) is 10.2. The number of carbonyl (C=O) groups excluding carboxylic acids is 1. The Hall–Kier alpha value is -2.28. The van der Waals surface area contributed by atoms with Gasteiger partial charge in [0, 0.05) is 22.8 Å². The zero-order valence-corrected chi connectivity index (χ0v) is 11.0. The van der Waals surface area contributed by atoms with Crippen LogP contribution in [0.5, 0.6) is 5.75 Å². The second kappa shape index (κ2) is 5.57. The van der Waals surface area contributed by atoms with Crippen molar-refractivity contribution in [3.05, 3.63) is 44.5 Å². The van der Waals surface area contributed by atoms with Gasteiger partial charge >= 0.3 is 4.87 Å². The summed E-state index contributed by atoms with van der Waals surface area (Å²) in [6, 6.07) is 4.85. The van der Waals surface area contributed by atoms with E-state index in [-0.39, 0.29) is 17.3 Å². The maximum absolute atomic E-state index is 11.9. The Balaban J connectivity index is 2.05. The summed E-state index contributed by atoms with van der Waals surface area (Å²) in [5.74, 6) is 0.295. The fourth-order valence-electron chi connectivity index (χ4n) is 1.55. The number of benzene rings is 1. The van der Waals surface area contributed by atoms with E-state index in [1.165, 1.54) is 7.11 Å². The van der Waals surface area contributed by atoms with Crippen molar-refractivity contribution in [3.8, 4) is 5.75 Å². The molecule has 0 saturated heterocycles. The van der Waals surface area contributed by atoms with Gasteiger partial charge in [-0.3, -0.25) is 9.59 Å². The summed E-state index contributed by atoms with van der Waals surface area (Å²) in [5.41, 5.74) is 7.15. The lowest BCUT2D eigenvalue weighted by molar-refractivity contribution is 0.0951. The monoisotopic (exact) mass is 279 g/mol. The van der Waals surface area contributed by atoms with Gasteiger partial charge in [-0.1, -0.05) is 11.3 Å². The van der Waals surface area contributed by atoms with Crippen LogP contribution in [0, 0.1) is 0 Å². The van der Waals surface area contributed by atoms with E-state index in [1.807, 2.05) is 0 Å². The molecule has 2 aromatic rings. The van der Waals surface area contributed by atoms with Gasteiger partial charge in [0.15, 0.2) is 0 Å². The first-order valence-corrected chi connectivity index (χ1v) is 6.36. The molecule has 6 nitrogen and oxygen atoms in total. The molecule has 100 valence electrons. The molecule has 1 heterocycles. The molecule has 0 aliphatic heterocycles. The Morgan fingerprint density at radius 2 is 2.32 bits per heavy atom. The number of aromatic nitrogens is 1. The van der Waals surface area contributed by atoms with Crippen LogP contribution in [0.3, 0.4) is 0 Å². The lowest BCUT2D eigenvalue weighted by atomic mass is 10.1. The molecular weight excluding hydrogens is 266 g/mol. The van der Waals surface area contributed by atoms with Gasteiger partial charge in [0.05, 0.1) is 19.2 Å². The molecule has 0 spiro atoms. The van der Waals surface area contributed by atoms with E-state index in [1.54, 1.807) is 23.6 Å². The molecule has 0 radical (unpaired) electrons. The average Bonchev–Trinajstić information content (AvgIpc) is 2.81. The summed E-state index contributed by atoms with van der Waals surface area (Å²) in [7, 11) is 1.53. The first-order valence-electron chi connectivity index (χ1n) is 5.48. The first kappa shape index (κ1) is 13.2. The van der Waals surface area contributed by atoms with Crippen molar-refractivity contribution in [2.75, 3.05) is 12.8 Å². The lowest BCUT2D eigenvalue weighted by Gasteiger charge is -2.08. The second-order valence-electron chi connectivity index (χ2n) is 3.81. The molecule has 0 fully saturated rings. The molecule has 1 aromatic carbocycles. The molecule has 1 aromatic heterocycles. The number of anilines is 1. The number of hydrogen-bond acceptors (Lipinski definition) is 5. The molecule has 7 heteroatoms. The number of methoxy groups -OCH3 is 1. The highest BCUT2D eigenvalue weighted by molar-refractivity contribution is 7.07. The summed E-state index contributed by atoms with van der Waals surface area (Å²) in [5, 5.41) is 4.35.